The monoisotopic (exact) mass is 1190 g/mol. The van der Waals surface area contributed by atoms with Crippen LogP contribution in [0.1, 0.15) is 114 Å². The molecule has 5 aliphatic rings. The number of benzene rings is 3. The maximum absolute atomic E-state index is 17.9. The van der Waals surface area contributed by atoms with Crippen molar-refractivity contribution in [2.75, 3.05) is 49.5 Å². The third-order valence-electron chi connectivity index (χ3n) is 17.3. The third kappa shape index (κ3) is 9.93. The van der Waals surface area contributed by atoms with Crippen LogP contribution in [-0.4, -0.2) is 110 Å². The number of aryl methyl sites for hydroxylation is 1. The summed E-state index contributed by atoms with van der Waals surface area (Å²) in [4.78, 5) is 74.8. The van der Waals surface area contributed by atoms with E-state index < -0.39 is 47.3 Å². The highest BCUT2D eigenvalue weighted by molar-refractivity contribution is 7.23. The predicted octanol–water partition coefficient (Wildman–Crippen LogP) is 11.5. The SMILES string of the molecule is C=C(C(=O)N1CCN(c2nc(OCC34CCCN3CCC4)nc3c(F)c(-c4ccc(F)c5sc(NC(=O)OC(C)(C)C)c(C#N)c45)c(Cl)cc23)C[C@@H]1CC#N)C(C)Oc1ccc2nc3c(c(CC)c2c1)Cn1c-3cc2c(c1=O)COC(=O)C2CC. The van der Waals surface area contributed by atoms with Gasteiger partial charge in [-0.3, -0.25) is 24.6 Å². The number of pyridine rings is 2. The smallest absolute Gasteiger partial charge is 0.412 e. The summed E-state index contributed by atoms with van der Waals surface area (Å²) in [5.74, 6) is -2.17. The molecule has 1 N–H and O–H groups in total. The van der Waals surface area contributed by atoms with Crippen molar-refractivity contribution in [3.63, 3.8) is 0 Å². The number of carbonyl (C=O) groups is 3. The summed E-state index contributed by atoms with van der Waals surface area (Å²) in [6, 6.07) is 14.9. The van der Waals surface area contributed by atoms with E-state index >= 15 is 8.78 Å². The van der Waals surface area contributed by atoms with Gasteiger partial charge in [0.15, 0.2) is 5.82 Å². The Kier molecular flexibility index (Phi) is 14.8. The molecule has 12 rings (SSSR count). The Balaban J connectivity index is 0.834. The van der Waals surface area contributed by atoms with E-state index in [0.29, 0.717) is 53.2 Å². The molecule has 2 unspecified atom stereocenters. The van der Waals surface area contributed by atoms with Gasteiger partial charge in [-0.15, -0.1) is 11.3 Å². The number of rotatable bonds is 13. The topological polar surface area (TPSA) is 218 Å². The summed E-state index contributed by atoms with van der Waals surface area (Å²) in [6.07, 6.45) is 3.21. The van der Waals surface area contributed by atoms with Crippen molar-refractivity contribution in [3.8, 4) is 46.4 Å². The van der Waals surface area contributed by atoms with Gasteiger partial charge in [-0.25, -0.2) is 18.6 Å². The first kappa shape index (κ1) is 57.2. The average Bonchev–Trinajstić information content (AvgIpc) is 2.39. The fourth-order valence-corrected chi connectivity index (χ4v) is 14.6. The molecule has 0 saturated carbocycles. The minimum absolute atomic E-state index is 0.00415. The minimum atomic E-state index is -0.895. The lowest BCUT2D eigenvalue weighted by Crippen LogP contribution is -2.56. The predicted molar refractivity (Wildman–Crippen MR) is 318 cm³/mol. The summed E-state index contributed by atoms with van der Waals surface area (Å²) in [5, 5.41) is 24.3. The number of nitrogens with one attached hydrogen (secondary N) is 1. The number of piperazine rings is 1. The van der Waals surface area contributed by atoms with E-state index in [4.69, 9.17) is 45.5 Å². The lowest BCUT2D eigenvalue weighted by molar-refractivity contribution is -0.148. The number of thiophene rings is 1. The Hall–Kier alpha value is -8.24. The molecule has 0 radical (unpaired) electrons. The minimum Gasteiger partial charge on any atom is -0.486 e. The molecule has 85 heavy (non-hydrogen) atoms. The fourth-order valence-electron chi connectivity index (χ4n) is 13.2. The number of cyclic esters (lactones) is 1. The zero-order valence-electron chi connectivity index (χ0n) is 47.9. The first-order chi connectivity index (χ1) is 40.7. The van der Waals surface area contributed by atoms with Crippen LogP contribution in [-0.2, 0) is 38.6 Å². The zero-order chi connectivity index (χ0) is 60.0. The van der Waals surface area contributed by atoms with Crippen LogP contribution in [0.5, 0.6) is 11.8 Å². The Bertz CT molecular complexity index is 4160. The molecular weight excluding hydrogens is 1130 g/mol. The Morgan fingerprint density at radius 2 is 1.79 bits per heavy atom. The number of carbonyl (C=O) groups excluding carboxylic acids is 3. The van der Waals surface area contributed by atoms with Crippen molar-refractivity contribution >= 4 is 83.6 Å². The van der Waals surface area contributed by atoms with Crippen LogP contribution in [0.3, 0.4) is 0 Å². The van der Waals surface area contributed by atoms with Crippen molar-refractivity contribution in [3.05, 3.63) is 109 Å². The van der Waals surface area contributed by atoms with E-state index in [9.17, 15) is 29.7 Å². The molecule has 18 nitrogen and oxygen atoms in total. The van der Waals surface area contributed by atoms with E-state index in [1.165, 1.54) is 12.1 Å². The second kappa shape index (κ2) is 22.0. The van der Waals surface area contributed by atoms with Gasteiger partial charge in [0.2, 0.25) is 0 Å². The number of halogens is 3. The maximum atomic E-state index is 17.9. The first-order valence-electron chi connectivity index (χ1n) is 28.7. The highest BCUT2D eigenvalue weighted by Gasteiger charge is 2.45. The molecular formula is C63H61ClF2N10O8S. The molecule has 0 spiro atoms. The van der Waals surface area contributed by atoms with Gasteiger partial charge in [0.05, 0.1) is 74.3 Å². The van der Waals surface area contributed by atoms with Crippen molar-refractivity contribution in [2.24, 2.45) is 0 Å². The van der Waals surface area contributed by atoms with Gasteiger partial charge in [0, 0.05) is 52.5 Å². The number of ether oxygens (including phenoxy) is 4. The lowest BCUT2D eigenvalue weighted by Gasteiger charge is -2.42. The van der Waals surface area contributed by atoms with Crippen LogP contribution in [0.4, 0.5) is 24.4 Å². The van der Waals surface area contributed by atoms with E-state index in [1.54, 1.807) is 43.2 Å². The second-order valence-electron chi connectivity index (χ2n) is 23.4. The number of hydrogen-bond donors (Lipinski definition) is 1. The molecule has 5 aliphatic heterocycles. The maximum Gasteiger partial charge on any atom is 0.412 e. The van der Waals surface area contributed by atoms with Gasteiger partial charge >= 0.3 is 18.1 Å². The second-order valence-corrected chi connectivity index (χ2v) is 24.9. The molecule has 438 valence electrons. The van der Waals surface area contributed by atoms with Crippen molar-refractivity contribution < 1.29 is 42.1 Å². The standard InChI is InChI=1S/C63H61ClF2N10O8S/c1-8-36-40-24-35(12-15-47(40)69-52-43(36)29-76-48(52)26-39-37(9-2)59(79)81-30-44(39)58(76)78)83-33(4)32(3)57(77)75-23-22-73(28-34(75)16-19-67)55-41-25-45(64)50(51(66)53(41)70-60(71-55)82-31-63-17-10-20-74(63)21-11-18-63)38-13-14-46(65)54-49(38)42(27-68)56(85-54)72-61(80)84-62(5,6)7/h12-15,24-26,33-34,37H,3,8-11,16-18,20-23,28-31H2,1-2,4-7H3,(H,72,80)/t33?,34-,37?/m0/s1. The van der Waals surface area contributed by atoms with Gasteiger partial charge < -0.3 is 33.3 Å². The highest BCUT2D eigenvalue weighted by Crippen LogP contribution is 2.48. The number of aromatic nitrogens is 4. The molecule has 3 saturated heterocycles. The van der Waals surface area contributed by atoms with Crippen LogP contribution < -0.4 is 25.2 Å². The zero-order valence-corrected chi connectivity index (χ0v) is 49.5. The lowest BCUT2D eigenvalue weighted by atomic mass is 9.90. The van der Waals surface area contributed by atoms with Crippen LogP contribution in [0.15, 0.2) is 59.4 Å². The molecule has 2 amide bonds. The van der Waals surface area contributed by atoms with Crippen molar-refractivity contribution in [1.82, 2.24) is 29.3 Å². The summed E-state index contributed by atoms with van der Waals surface area (Å²) in [7, 11) is 0. The van der Waals surface area contributed by atoms with Crippen molar-refractivity contribution in [2.45, 2.75) is 129 Å². The van der Waals surface area contributed by atoms with E-state index in [-0.39, 0.29) is 121 Å². The molecule has 3 aromatic carbocycles. The number of anilines is 2. The summed E-state index contributed by atoms with van der Waals surface area (Å²) in [5.41, 5.74) is 3.62. The van der Waals surface area contributed by atoms with Gasteiger partial charge in [0.25, 0.3) is 11.5 Å². The van der Waals surface area contributed by atoms with Crippen LogP contribution in [0.25, 0.3) is 54.4 Å². The molecule has 3 fully saturated rings. The van der Waals surface area contributed by atoms with Gasteiger partial charge in [-0.1, -0.05) is 38.1 Å². The normalized spacial score (nSPS) is 18.3. The number of nitrogens with zero attached hydrogens (tertiary/aromatic N) is 9. The van der Waals surface area contributed by atoms with E-state index in [2.05, 4.69) is 28.9 Å². The number of nitriles is 2. The number of esters is 1. The summed E-state index contributed by atoms with van der Waals surface area (Å²) in [6.45, 7) is 17.7. The molecule has 9 heterocycles. The number of fused-ring (bicyclic) bond motifs is 8. The van der Waals surface area contributed by atoms with E-state index in [0.717, 1.165) is 72.7 Å². The van der Waals surface area contributed by atoms with Gasteiger partial charge in [0.1, 0.15) is 58.9 Å². The summed E-state index contributed by atoms with van der Waals surface area (Å²) < 4.78 is 59.1. The molecule has 3 atom stereocenters. The average molecular weight is 1190 g/mol. The quantitative estimate of drug-likeness (QED) is 0.0838. The molecule has 4 aromatic heterocycles. The largest absolute Gasteiger partial charge is 0.486 e. The molecule has 22 heteroatoms. The highest BCUT2D eigenvalue weighted by atomic mass is 35.5. The summed E-state index contributed by atoms with van der Waals surface area (Å²) >= 11 is 7.93. The van der Waals surface area contributed by atoms with Crippen LogP contribution in [0, 0.1) is 34.3 Å². The van der Waals surface area contributed by atoms with Gasteiger partial charge in [-0.2, -0.15) is 20.5 Å². The van der Waals surface area contributed by atoms with Crippen LogP contribution >= 0.6 is 22.9 Å². The van der Waals surface area contributed by atoms with Crippen molar-refractivity contribution in [1.29, 1.82) is 10.5 Å². The number of amides is 2. The Morgan fingerprint density at radius 1 is 1.01 bits per heavy atom. The molecule has 0 aliphatic carbocycles. The third-order valence-corrected chi connectivity index (χ3v) is 18.7. The molecule has 7 aromatic rings. The van der Waals surface area contributed by atoms with E-state index in [1.807, 2.05) is 36.9 Å². The Morgan fingerprint density at radius 3 is 2.51 bits per heavy atom. The fraction of sp³-hybridized carbons (Fsp3) is 0.413. The first-order valence-corrected chi connectivity index (χ1v) is 29.8. The van der Waals surface area contributed by atoms with Gasteiger partial charge in [-0.05, 0) is 132 Å². The number of hydrogen-bond acceptors (Lipinski definition) is 16. The Labute approximate surface area is 497 Å². The molecule has 0 bridgehead atoms. The van der Waals surface area contributed by atoms with Crippen LogP contribution in [0.2, 0.25) is 5.02 Å².